The second-order valence-electron chi connectivity index (χ2n) is 4.44. The molecule has 106 valence electrons. The molecule has 4 nitrogen and oxygen atoms in total. The van der Waals surface area contributed by atoms with Crippen molar-refractivity contribution >= 4 is 33.6 Å². The van der Waals surface area contributed by atoms with Gasteiger partial charge in [0.1, 0.15) is 0 Å². The molecule has 0 unspecified atom stereocenters. The molecule has 1 heterocycles. The van der Waals surface area contributed by atoms with E-state index < -0.39 is 0 Å². The van der Waals surface area contributed by atoms with Gasteiger partial charge in [-0.3, -0.25) is 4.79 Å². The third-order valence-electron chi connectivity index (χ3n) is 2.94. The number of hydrogen-bond donors (Lipinski definition) is 1. The van der Waals surface area contributed by atoms with Crippen LogP contribution in [0.4, 0.5) is 5.69 Å². The van der Waals surface area contributed by atoms with Crippen LogP contribution in [0, 0.1) is 0 Å². The minimum Gasteiger partial charge on any atom is -0.454 e. The Balaban J connectivity index is 1.65. The molecule has 21 heavy (non-hydrogen) atoms. The zero-order valence-electron chi connectivity index (χ0n) is 11.0. The van der Waals surface area contributed by atoms with Gasteiger partial charge in [-0.2, -0.15) is 0 Å². The smallest absolute Gasteiger partial charge is 0.248 e. The van der Waals surface area contributed by atoms with Crippen LogP contribution >= 0.6 is 15.9 Å². The Morgan fingerprint density at radius 1 is 1.10 bits per heavy atom. The lowest BCUT2D eigenvalue weighted by molar-refractivity contribution is -0.111. The van der Waals surface area contributed by atoms with Crippen LogP contribution in [0.5, 0.6) is 11.5 Å². The summed E-state index contributed by atoms with van der Waals surface area (Å²) in [6.07, 6.45) is 3.25. The SMILES string of the molecule is O=C(/C=C/c1ccc(Br)cc1)Nc1ccc2c(c1)OCO2. The van der Waals surface area contributed by atoms with Gasteiger partial charge in [-0.05, 0) is 35.9 Å². The molecule has 0 saturated heterocycles. The summed E-state index contributed by atoms with van der Waals surface area (Å²) in [5, 5.41) is 2.78. The van der Waals surface area contributed by atoms with Crippen molar-refractivity contribution in [2.24, 2.45) is 0 Å². The number of benzene rings is 2. The van der Waals surface area contributed by atoms with Gasteiger partial charge in [0, 0.05) is 22.3 Å². The van der Waals surface area contributed by atoms with E-state index in [9.17, 15) is 4.79 Å². The molecule has 0 atom stereocenters. The molecule has 0 aromatic heterocycles. The first-order chi connectivity index (χ1) is 10.2. The molecule has 0 bridgehead atoms. The van der Waals surface area contributed by atoms with E-state index in [-0.39, 0.29) is 12.7 Å². The molecule has 1 aliphatic rings. The van der Waals surface area contributed by atoms with Gasteiger partial charge >= 0.3 is 0 Å². The number of hydrogen-bond acceptors (Lipinski definition) is 3. The molecule has 0 spiro atoms. The quantitative estimate of drug-likeness (QED) is 0.860. The van der Waals surface area contributed by atoms with Crippen LogP contribution in [-0.4, -0.2) is 12.7 Å². The van der Waals surface area contributed by atoms with Crippen LogP contribution in [0.3, 0.4) is 0 Å². The van der Waals surface area contributed by atoms with Crippen molar-refractivity contribution in [3.05, 3.63) is 58.6 Å². The van der Waals surface area contributed by atoms with Gasteiger partial charge in [-0.25, -0.2) is 0 Å². The maximum atomic E-state index is 11.9. The lowest BCUT2D eigenvalue weighted by atomic mass is 10.2. The Kier molecular flexibility index (Phi) is 3.92. The molecule has 5 heteroatoms. The first-order valence-corrected chi connectivity index (χ1v) is 7.14. The highest BCUT2D eigenvalue weighted by atomic mass is 79.9. The minimum absolute atomic E-state index is 0.197. The van der Waals surface area contributed by atoms with Crippen LogP contribution in [0.2, 0.25) is 0 Å². The normalized spacial score (nSPS) is 12.6. The fraction of sp³-hybridized carbons (Fsp3) is 0.0625. The van der Waals surface area contributed by atoms with Gasteiger partial charge in [0.25, 0.3) is 0 Å². The first kappa shape index (κ1) is 13.7. The third kappa shape index (κ3) is 3.44. The van der Waals surface area contributed by atoms with E-state index in [0.29, 0.717) is 17.2 Å². The van der Waals surface area contributed by atoms with Gasteiger partial charge in [0.05, 0.1) is 0 Å². The van der Waals surface area contributed by atoms with Crippen molar-refractivity contribution in [3.63, 3.8) is 0 Å². The van der Waals surface area contributed by atoms with E-state index in [1.807, 2.05) is 24.3 Å². The van der Waals surface area contributed by atoms with Crippen molar-refractivity contribution in [2.45, 2.75) is 0 Å². The number of rotatable bonds is 3. The number of halogens is 1. The number of fused-ring (bicyclic) bond motifs is 1. The van der Waals surface area contributed by atoms with Crippen LogP contribution in [-0.2, 0) is 4.79 Å². The topological polar surface area (TPSA) is 47.6 Å². The van der Waals surface area contributed by atoms with Crippen LogP contribution in [0.25, 0.3) is 6.08 Å². The summed E-state index contributed by atoms with van der Waals surface area (Å²) >= 11 is 3.37. The molecule has 2 aromatic carbocycles. The molecule has 0 fully saturated rings. The average molecular weight is 346 g/mol. The summed E-state index contributed by atoms with van der Waals surface area (Å²) < 4.78 is 11.5. The summed E-state index contributed by atoms with van der Waals surface area (Å²) in [5.41, 5.74) is 1.63. The minimum atomic E-state index is -0.197. The monoisotopic (exact) mass is 345 g/mol. The Morgan fingerprint density at radius 2 is 1.86 bits per heavy atom. The highest BCUT2D eigenvalue weighted by Gasteiger charge is 2.13. The highest BCUT2D eigenvalue weighted by Crippen LogP contribution is 2.34. The van der Waals surface area contributed by atoms with Crippen molar-refractivity contribution in [1.29, 1.82) is 0 Å². The largest absolute Gasteiger partial charge is 0.454 e. The summed E-state index contributed by atoms with van der Waals surface area (Å²) in [6.45, 7) is 0.218. The number of nitrogens with one attached hydrogen (secondary N) is 1. The van der Waals surface area contributed by atoms with Crippen LogP contribution < -0.4 is 14.8 Å². The summed E-state index contributed by atoms with van der Waals surface area (Å²) in [6, 6.07) is 13.0. The molecule has 3 rings (SSSR count). The van der Waals surface area contributed by atoms with E-state index in [1.165, 1.54) is 6.08 Å². The fourth-order valence-corrected chi connectivity index (χ4v) is 2.17. The molecule has 1 N–H and O–H groups in total. The molecule has 1 amide bonds. The van der Waals surface area contributed by atoms with E-state index in [1.54, 1.807) is 24.3 Å². The molecular weight excluding hydrogens is 334 g/mol. The van der Waals surface area contributed by atoms with Crippen molar-refractivity contribution in [1.82, 2.24) is 0 Å². The summed E-state index contributed by atoms with van der Waals surface area (Å²) in [7, 11) is 0. The van der Waals surface area contributed by atoms with E-state index >= 15 is 0 Å². The predicted molar refractivity (Wildman–Crippen MR) is 84.4 cm³/mol. The standard InChI is InChI=1S/C16H12BrNO3/c17-12-4-1-11(2-5-12)3-8-16(19)18-13-6-7-14-15(9-13)21-10-20-14/h1-9H,10H2,(H,18,19)/b8-3+. The highest BCUT2D eigenvalue weighted by molar-refractivity contribution is 9.10. The van der Waals surface area contributed by atoms with Gasteiger partial charge in [0.2, 0.25) is 12.7 Å². The number of amides is 1. The number of ether oxygens (including phenoxy) is 2. The van der Waals surface area contributed by atoms with Crippen LogP contribution in [0.1, 0.15) is 5.56 Å². The van der Waals surface area contributed by atoms with Gasteiger partial charge in [0.15, 0.2) is 11.5 Å². The van der Waals surface area contributed by atoms with Crippen molar-refractivity contribution < 1.29 is 14.3 Å². The number of carbonyl (C=O) groups excluding carboxylic acids is 1. The van der Waals surface area contributed by atoms with Crippen LogP contribution in [0.15, 0.2) is 53.0 Å². The maximum Gasteiger partial charge on any atom is 0.248 e. The molecule has 0 aliphatic carbocycles. The number of carbonyl (C=O) groups is 1. The molecule has 2 aromatic rings. The molecule has 0 radical (unpaired) electrons. The predicted octanol–water partition coefficient (Wildman–Crippen LogP) is 3.83. The van der Waals surface area contributed by atoms with Crippen molar-refractivity contribution in [2.75, 3.05) is 12.1 Å². The lowest BCUT2D eigenvalue weighted by Crippen LogP contribution is -2.07. The van der Waals surface area contributed by atoms with E-state index in [4.69, 9.17) is 9.47 Å². The van der Waals surface area contributed by atoms with E-state index in [0.717, 1.165) is 10.0 Å². The van der Waals surface area contributed by atoms with E-state index in [2.05, 4.69) is 21.2 Å². The number of anilines is 1. The van der Waals surface area contributed by atoms with Gasteiger partial charge in [-0.15, -0.1) is 0 Å². The average Bonchev–Trinajstić information content (AvgIpc) is 2.94. The molecular formula is C16H12BrNO3. The lowest BCUT2D eigenvalue weighted by Gasteiger charge is -2.03. The van der Waals surface area contributed by atoms with Gasteiger partial charge < -0.3 is 14.8 Å². The maximum absolute atomic E-state index is 11.9. The van der Waals surface area contributed by atoms with Gasteiger partial charge in [-0.1, -0.05) is 28.1 Å². The zero-order valence-corrected chi connectivity index (χ0v) is 12.6. The second kappa shape index (κ2) is 6.01. The fourth-order valence-electron chi connectivity index (χ4n) is 1.90. The zero-order chi connectivity index (χ0) is 14.7. The molecule has 1 aliphatic heterocycles. The Labute approximate surface area is 130 Å². The summed E-state index contributed by atoms with van der Waals surface area (Å²) in [4.78, 5) is 11.9. The Morgan fingerprint density at radius 3 is 2.67 bits per heavy atom. The Hall–Kier alpha value is -2.27. The molecule has 0 saturated carbocycles. The first-order valence-electron chi connectivity index (χ1n) is 6.35. The summed E-state index contributed by atoms with van der Waals surface area (Å²) in [5.74, 6) is 1.14. The van der Waals surface area contributed by atoms with Crippen molar-refractivity contribution in [3.8, 4) is 11.5 Å². The Bertz CT molecular complexity index is 695. The second-order valence-corrected chi connectivity index (χ2v) is 5.36. The third-order valence-corrected chi connectivity index (χ3v) is 3.47.